The van der Waals surface area contributed by atoms with E-state index < -0.39 is 35.8 Å². The summed E-state index contributed by atoms with van der Waals surface area (Å²) in [7, 11) is 0. The van der Waals surface area contributed by atoms with E-state index in [1.165, 1.54) is 30.6 Å². The van der Waals surface area contributed by atoms with Crippen LogP contribution in [0.4, 0.5) is 14.4 Å². The zero-order valence-corrected chi connectivity index (χ0v) is 22.8. The van der Waals surface area contributed by atoms with Gasteiger partial charge in [0.15, 0.2) is 0 Å². The lowest BCUT2D eigenvalue weighted by Crippen LogP contribution is -2.43. The van der Waals surface area contributed by atoms with Crippen molar-refractivity contribution in [3.05, 3.63) is 0 Å². The van der Waals surface area contributed by atoms with Gasteiger partial charge in [-0.15, -0.1) is 0 Å². The number of primary amides is 2. The Kier molecular flexibility index (Phi) is 17.0. The van der Waals surface area contributed by atoms with Crippen LogP contribution in [-0.2, 0) is 9.53 Å². The van der Waals surface area contributed by atoms with Gasteiger partial charge in [0, 0.05) is 19.6 Å². The van der Waals surface area contributed by atoms with Crippen LogP contribution >= 0.6 is 0 Å². The maximum atomic E-state index is 11.6. The van der Waals surface area contributed by atoms with E-state index in [0.29, 0.717) is 26.1 Å². The highest BCUT2D eigenvalue weighted by Gasteiger charge is 2.36. The average molecular weight is 532 g/mol. The summed E-state index contributed by atoms with van der Waals surface area (Å²) in [6.45, 7) is 6.80. The summed E-state index contributed by atoms with van der Waals surface area (Å²) in [5.41, 5.74) is 9.47. The second kappa shape index (κ2) is 18.4. The Morgan fingerprint density at radius 2 is 1.19 bits per heavy atom. The maximum absolute atomic E-state index is 11.6. The van der Waals surface area contributed by atoms with Crippen molar-refractivity contribution in [2.45, 2.75) is 109 Å². The number of hydrazine groups is 2. The molecule has 1 heterocycles. The zero-order valence-electron chi connectivity index (χ0n) is 22.8. The van der Waals surface area contributed by atoms with Gasteiger partial charge < -0.3 is 21.3 Å². The number of amides is 5. The van der Waals surface area contributed by atoms with Crippen molar-refractivity contribution in [2.75, 3.05) is 19.6 Å². The van der Waals surface area contributed by atoms with E-state index in [9.17, 15) is 19.2 Å². The number of rotatable bonds is 14. The van der Waals surface area contributed by atoms with Crippen LogP contribution in [0.1, 0.15) is 97.8 Å². The van der Waals surface area contributed by atoms with Gasteiger partial charge in [0.25, 0.3) is 0 Å². The summed E-state index contributed by atoms with van der Waals surface area (Å²) in [5, 5.41) is 11.0. The largest absolute Gasteiger partial charge is 0.480 e. The van der Waals surface area contributed by atoms with Gasteiger partial charge in [-0.25, -0.2) is 30.9 Å². The van der Waals surface area contributed by atoms with Gasteiger partial charge in [-0.05, 0) is 46.5 Å². The normalized spacial score (nSPS) is 14.9. The van der Waals surface area contributed by atoms with E-state index in [-0.39, 0.29) is 0 Å². The van der Waals surface area contributed by atoms with Crippen molar-refractivity contribution in [2.24, 2.45) is 23.2 Å². The Morgan fingerprint density at radius 1 is 0.811 bits per heavy atom. The van der Waals surface area contributed by atoms with E-state index in [1.807, 2.05) is 0 Å². The number of carbonyl (C=O) groups is 4. The molecule has 1 saturated heterocycles. The molecular formula is C24H49N7O6. The molecule has 0 aromatic rings. The van der Waals surface area contributed by atoms with Gasteiger partial charge in [-0.3, -0.25) is 14.9 Å². The lowest BCUT2D eigenvalue weighted by Gasteiger charge is -2.26. The van der Waals surface area contributed by atoms with E-state index in [4.69, 9.17) is 33.0 Å². The van der Waals surface area contributed by atoms with Gasteiger partial charge in [0.05, 0.1) is 0 Å². The predicted octanol–water partition coefficient (Wildman–Crippen LogP) is 2.87. The second-order valence-corrected chi connectivity index (χ2v) is 10.3. The number of likely N-dealkylation sites (tertiary alicyclic amines) is 1. The zero-order chi connectivity index (χ0) is 28.4. The first-order chi connectivity index (χ1) is 17.3. The fraction of sp³-hybridized carbons (Fsp3) is 0.833. The standard InChI is InChI=1S/C14H32N6O2.C10H17NO4/c15-13(21)19(17)11-9-7-5-3-1-2-4-6-8-10-12-20(18)14(16)22;1-10(2,3)15-9(14)11-6-4-5-7(11)8(12)13/h1-12,17-18H2,(H2,15,21)(H2,16,22);7H,4-6H2,1-3H3,(H,12,13)/t;7-/m.1/s1. The number of urea groups is 2. The number of nitrogens with two attached hydrogens (primary N) is 4. The van der Waals surface area contributed by atoms with Crippen LogP contribution in [0.3, 0.4) is 0 Å². The van der Waals surface area contributed by atoms with Crippen LogP contribution in [-0.4, -0.2) is 75.4 Å². The fourth-order valence-corrected chi connectivity index (χ4v) is 3.76. The molecule has 37 heavy (non-hydrogen) atoms. The molecule has 13 heteroatoms. The Bertz CT molecular complexity index is 672. The summed E-state index contributed by atoms with van der Waals surface area (Å²) in [4.78, 5) is 45.1. The summed E-state index contributed by atoms with van der Waals surface area (Å²) >= 11 is 0. The molecule has 1 rings (SSSR count). The van der Waals surface area contributed by atoms with Crippen molar-refractivity contribution in [3.8, 4) is 0 Å². The minimum atomic E-state index is -0.960. The van der Waals surface area contributed by atoms with Crippen LogP contribution in [0.15, 0.2) is 0 Å². The lowest BCUT2D eigenvalue weighted by molar-refractivity contribution is -0.142. The molecule has 5 amide bonds. The summed E-state index contributed by atoms with van der Waals surface area (Å²) < 4.78 is 5.13. The third kappa shape index (κ3) is 17.3. The highest BCUT2D eigenvalue weighted by molar-refractivity contribution is 5.80. The SMILES string of the molecule is CC(C)(C)OC(=O)N1CCC[C@@H]1C(=O)O.NC(=O)N(N)CCCCCCCCCCCCN(N)C(N)=O. The first kappa shape index (κ1) is 34.2. The molecule has 0 radical (unpaired) electrons. The molecule has 0 aromatic carbocycles. The van der Waals surface area contributed by atoms with Gasteiger partial charge in [0.2, 0.25) is 0 Å². The third-order valence-electron chi connectivity index (χ3n) is 5.78. The number of nitrogens with zero attached hydrogens (tertiary/aromatic N) is 3. The molecule has 1 aliphatic rings. The molecule has 13 nitrogen and oxygen atoms in total. The molecule has 216 valence electrons. The van der Waals surface area contributed by atoms with Crippen LogP contribution in [0.2, 0.25) is 0 Å². The molecule has 0 unspecified atom stereocenters. The van der Waals surface area contributed by atoms with Gasteiger partial charge in [-0.1, -0.05) is 51.4 Å². The molecular weight excluding hydrogens is 482 g/mol. The first-order valence-corrected chi connectivity index (χ1v) is 13.1. The Labute approximate surface area is 220 Å². The Morgan fingerprint density at radius 3 is 1.51 bits per heavy atom. The molecule has 1 fully saturated rings. The second-order valence-electron chi connectivity index (χ2n) is 10.3. The molecule has 0 aromatic heterocycles. The minimum Gasteiger partial charge on any atom is -0.480 e. The Balaban J connectivity index is 0.000000749. The fourth-order valence-electron chi connectivity index (χ4n) is 3.76. The topological polar surface area (TPSA) is 212 Å². The number of carbonyl (C=O) groups excluding carboxylic acids is 3. The van der Waals surface area contributed by atoms with Crippen LogP contribution in [0, 0.1) is 0 Å². The minimum absolute atomic E-state index is 0.464. The van der Waals surface area contributed by atoms with Crippen molar-refractivity contribution >= 4 is 24.1 Å². The molecule has 0 aliphatic carbocycles. The van der Waals surface area contributed by atoms with E-state index in [0.717, 1.165) is 55.0 Å². The number of carboxylic acid groups (broad SMARTS) is 1. The van der Waals surface area contributed by atoms with Crippen molar-refractivity contribution in [1.29, 1.82) is 0 Å². The van der Waals surface area contributed by atoms with Crippen molar-refractivity contribution in [3.63, 3.8) is 0 Å². The molecule has 0 spiro atoms. The summed E-state index contributed by atoms with van der Waals surface area (Å²) in [6.07, 6.45) is 11.8. The molecule has 1 atom stereocenters. The van der Waals surface area contributed by atoms with Gasteiger partial charge >= 0.3 is 24.1 Å². The summed E-state index contributed by atoms with van der Waals surface area (Å²) in [6, 6.07) is -1.87. The summed E-state index contributed by atoms with van der Waals surface area (Å²) in [5.74, 6) is 9.83. The molecule has 0 saturated carbocycles. The van der Waals surface area contributed by atoms with Crippen LogP contribution in [0.5, 0.6) is 0 Å². The highest BCUT2D eigenvalue weighted by Crippen LogP contribution is 2.20. The number of unbranched alkanes of at least 4 members (excludes halogenated alkanes) is 9. The van der Waals surface area contributed by atoms with Crippen molar-refractivity contribution < 1.29 is 29.0 Å². The molecule has 9 N–H and O–H groups in total. The quantitative estimate of drug-likeness (QED) is 0.0970. The number of hydrogen-bond acceptors (Lipinski definition) is 7. The number of carboxylic acids is 1. The van der Waals surface area contributed by atoms with E-state index >= 15 is 0 Å². The third-order valence-corrected chi connectivity index (χ3v) is 5.78. The highest BCUT2D eigenvalue weighted by atomic mass is 16.6. The lowest BCUT2D eigenvalue weighted by atomic mass is 10.1. The number of hydrogen-bond donors (Lipinski definition) is 5. The number of ether oxygens (including phenoxy) is 1. The first-order valence-electron chi connectivity index (χ1n) is 13.1. The smallest absolute Gasteiger partial charge is 0.411 e. The number of aliphatic carboxylic acids is 1. The van der Waals surface area contributed by atoms with Gasteiger partial charge in [0.1, 0.15) is 11.6 Å². The van der Waals surface area contributed by atoms with Gasteiger partial charge in [-0.2, -0.15) is 0 Å². The monoisotopic (exact) mass is 531 g/mol. The van der Waals surface area contributed by atoms with Crippen molar-refractivity contribution in [1.82, 2.24) is 14.9 Å². The van der Waals surface area contributed by atoms with E-state index in [1.54, 1.807) is 20.8 Å². The average Bonchev–Trinajstić information content (AvgIpc) is 3.29. The van der Waals surface area contributed by atoms with E-state index in [2.05, 4.69) is 0 Å². The molecule has 1 aliphatic heterocycles. The maximum Gasteiger partial charge on any atom is 0.411 e. The van der Waals surface area contributed by atoms with Crippen LogP contribution in [0.25, 0.3) is 0 Å². The van der Waals surface area contributed by atoms with Crippen LogP contribution < -0.4 is 23.2 Å². The Hall–Kier alpha value is -2.80. The molecule has 0 bridgehead atoms. The predicted molar refractivity (Wildman–Crippen MR) is 141 cm³/mol.